The number of hydrogen-bond donors (Lipinski definition) is 1. The highest BCUT2D eigenvalue weighted by Gasteiger charge is 2.24. The van der Waals surface area contributed by atoms with Crippen LogP contribution in [0.25, 0.3) is 11.5 Å². The maximum Gasteiger partial charge on any atom is 0.273 e. The van der Waals surface area contributed by atoms with E-state index >= 15 is 0 Å². The lowest BCUT2D eigenvalue weighted by Crippen LogP contribution is -2.43. The van der Waals surface area contributed by atoms with Gasteiger partial charge in [0, 0.05) is 25.7 Å². The number of nitrogens with one attached hydrogen (secondary N) is 1. The topological polar surface area (TPSA) is 80.7 Å². The lowest BCUT2D eigenvalue weighted by atomic mass is 10.0. The predicted octanol–water partition coefficient (Wildman–Crippen LogP) is 3.05. The first-order valence-electron chi connectivity index (χ1n) is 9.38. The van der Waals surface area contributed by atoms with Crippen LogP contribution in [0.4, 0.5) is 0 Å². The Labute approximate surface area is 163 Å². The van der Waals surface area contributed by atoms with Crippen LogP contribution in [0.2, 0.25) is 0 Å². The number of ether oxygens (including phenoxy) is 1. The molecule has 1 amide bonds. The second-order valence-electron chi connectivity index (χ2n) is 6.84. The summed E-state index contributed by atoms with van der Waals surface area (Å²) >= 11 is 0. The van der Waals surface area contributed by atoms with Crippen LogP contribution in [0.15, 0.2) is 57.7 Å². The molecule has 7 nitrogen and oxygen atoms in total. The summed E-state index contributed by atoms with van der Waals surface area (Å²) in [5.74, 6) is 0.697. The lowest BCUT2D eigenvalue weighted by molar-refractivity contribution is 0.0162. The van der Waals surface area contributed by atoms with E-state index in [0.717, 1.165) is 13.1 Å². The molecule has 1 aliphatic rings. The smallest absolute Gasteiger partial charge is 0.273 e. The fourth-order valence-electron chi connectivity index (χ4n) is 3.33. The molecule has 2 aromatic heterocycles. The second kappa shape index (κ2) is 8.41. The number of benzene rings is 1. The highest BCUT2D eigenvalue weighted by Crippen LogP contribution is 2.23. The lowest BCUT2D eigenvalue weighted by Gasteiger charge is -2.35. The van der Waals surface area contributed by atoms with Crippen molar-refractivity contribution in [3.8, 4) is 11.5 Å². The Morgan fingerprint density at radius 3 is 2.68 bits per heavy atom. The summed E-state index contributed by atoms with van der Waals surface area (Å²) in [4.78, 5) is 14.9. The van der Waals surface area contributed by atoms with Crippen LogP contribution in [0.1, 0.15) is 27.7 Å². The van der Waals surface area contributed by atoms with Crippen LogP contribution in [-0.4, -0.2) is 48.8 Å². The third kappa shape index (κ3) is 4.16. The summed E-state index contributed by atoms with van der Waals surface area (Å²) in [6.45, 7) is 5.61. The summed E-state index contributed by atoms with van der Waals surface area (Å²) in [5.41, 5.74) is 2.61. The van der Waals surface area contributed by atoms with Gasteiger partial charge >= 0.3 is 0 Å². The molecule has 1 atom stereocenters. The van der Waals surface area contributed by atoms with Gasteiger partial charge in [0.1, 0.15) is 0 Å². The number of hydrogen-bond acceptors (Lipinski definition) is 6. The maximum atomic E-state index is 12.6. The normalized spacial score (nSPS) is 16.0. The van der Waals surface area contributed by atoms with Crippen molar-refractivity contribution in [1.82, 2.24) is 15.4 Å². The van der Waals surface area contributed by atoms with Crippen molar-refractivity contribution in [2.45, 2.75) is 13.0 Å². The zero-order valence-corrected chi connectivity index (χ0v) is 15.8. The van der Waals surface area contributed by atoms with Gasteiger partial charge in [0.05, 0.1) is 25.5 Å². The van der Waals surface area contributed by atoms with Crippen molar-refractivity contribution >= 4 is 5.91 Å². The molecule has 0 bridgehead atoms. The third-order valence-corrected chi connectivity index (χ3v) is 4.91. The maximum absolute atomic E-state index is 12.6. The van der Waals surface area contributed by atoms with E-state index in [4.69, 9.17) is 13.7 Å². The molecule has 7 heteroatoms. The van der Waals surface area contributed by atoms with Gasteiger partial charge in [-0.25, -0.2) is 0 Å². The molecule has 1 saturated heterocycles. The Bertz CT molecular complexity index is 896. The molecule has 0 aliphatic carbocycles. The van der Waals surface area contributed by atoms with Gasteiger partial charge in [0.15, 0.2) is 11.5 Å². The first kappa shape index (κ1) is 18.5. The summed E-state index contributed by atoms with van der Waals surface area (Å²) in [7, 11) is 0. The van der Waals surface area contributed by atoms with Crippen LogP contribution in [-0.2, 0) is 4.74 Å². The largest absolute Gasteiger partial charge is 0.461 e. The zero-order valence-electron chi connectivity index (χ0n) is 15.8. The van der Waals surface area contributed by atoms with Gasteiger partial charge in [-0.3, -0.25) is 9.69 Å². The van der Waals surface area contributed by atoms with Crippen LogP contribution in [0.3, 0.4) is 0 Å². The molecule has 1 aromatic carbocycles. The quantitative estimate of drug-likeness (QED) is 0.707. The van der Waals surface area contributed by atoms with Crippen molar-refractivity contribution in [1.29, 1.82) is 0 Å². The van der Waals surface area contributed by atoms with E-state index in [1.165, 1.54) is 11.1 Å². The first-order valence-corrected chi connectivity index (χ1v) is 9.38. The predicted molar refractivity (Wildman–Crippen MR) is 103 cm³/mol. The van der Waals surface area contributed by atoms with Crippen LogP contribution >= 0.6 is 0 Å². The van der Waals surface area contributed by atoms with Gasteiger partial charge < -0.3 is 19.0 Å². The molecule has 0 spiro atoms. The Morgan fingerprint density at radius 1 is 1.18 bits per heavy atom. The molecule has 1 N–H and O–H groups in total. The fourth-order valence-corrected chi connectivity index (χ4v) is 3.33. The van der Waals surface area contributed by atoms with Gasteiger partial charge in [-0.1, -0.05) is 35.0 Å². The number of aryl methyl sites for hydroxylation is 1. The minimum absolute atomic E-state index is 0.0740. The molecule has 1 aliphatic heterocycles. The van der Waals surface area contributed by atoms with Gasteiger partial charge in [0.25, 0.3) is 5.91 Å². The Kier molecular flexibility index (Phi) is 5.55. The molecule has 3 heterocycles. The molecule has 0 radical (unpaired) electrons. The molecular formula is C21H23N3O4. The molecular weight excluding hydrogens is 358 g/mol. The minimum Gasteiger partial charge on any atom is -0.461 e. The average Bonchev–Trinajstić information content (AvgIpc) is 3.42. The van der Waals surface area contributed by atoms with Crippen molar-refractivity contribution in [3.05, 3.63) is 65.5 Å². The molecule has 1 fully saturated rings. The first-order chi connectivity index (χ1) is 13.7. The molecule has 4 rings (SSSR count). The van der Waals surface area contributed by atoms with Gasteiger partial charge in [-0.2, -0.15) is 0 Å². The van der Waals surface area contributed by atoms with Crippen molar-refractivity contribution in [2.24, 2.45) is 0 Å². The Morgan fingerprint density at radius 2 is 1.96 bits per heavy atom. The number of nitrogens with zero attached hydrogens (tertiary/aromatic N) is 2. The molecule has 0 saturated carbocycles. The number of rotatable bonds is 6. The van der Waals surface area contributed by atoms with Crippen molar-refractivity contribution in [2.75, 3.05) is 32.8 Å². The highest BCUT2D eigenvalue weighted by molar-refractivity contribution is 5.92. The Hall–Kier alpha value is -2.90. The van der Waals surface area contributed by atoms with E-state index in [1.807, 2.05) is 0 Å². The third-order valence-electron chi connectivity index (χ3n) is 4.91. The highest BCUT2D eigenvalue weighted by atomic mass is 16.5. The molecule has 28 heavy (non-hydrogen) atoms. The fraction of sp³-hybridized carbons (Fsp3) is 0.333. The second-order valence-corrected chi connectivity index (χ2v) is 6.84. The van der Waals surface area contributed by atoms with E-state index in [0.29, 0.717) is 31.3 Å². The average molecular weight is 381 g/mol. The Balaban J connectivity index is 1.46. The van der Waals surface area contributed by atoms with Gasteiger partial charge in [0.2, 0.25) is 5.76 Å². The van der Waals surface area contributed by atoms with E-state index in [9.17, 15) is 4.79 Å². The number of aromatic nitrogens is 1. The summed E-state index contributed by atoms with van der Waals surface area (Å²) < 4.78 is 16.0. The zero-order chi connectivity index (χ0) is 19.3. The number of amides is 1. The monoisotopic (exact) mass is 381 g/mol. The van der Waals surface area contributed by atoms with E-state index in [1.54, 1.807) is 24.5 Å². The summed E-state index contributed by atoms with van der Waals surface area (Å²) in [5, 5.41) is 6.86. The van der Waals surface area contributed by atoms with E-state index < -0.39 is 0 Å². The van der Waals surface area contributed by atoms with E-state index in [-0.39, 0.29) is 17.6 Å². The number of carbonyl (C=O) groups is 1. The molecule has 1 unspecified atom stereocenters. The van der Waals surface area contributed by atoms with Crippen molar-refractivity contribution < 1.29 is 18.5 Å². The standard InChI is InChI=1S/C21H23N3O4/c1-15-4-6-16(7-5-15)18(24-8-11-26-12-9-24)14-22-21(25)17-13-20(28-23-17)19-3-2-10-27-19/h2-7,10,13,18H,8-9,11-12,14H2,1H3,(H,22,25). The molecule has 3 aromatic rings. The van der Waals surface area contributed by atoms with Crippen LogP contribution in [0.5, 0.6) is 0 Å². The summed E-state index contributed by atoms with van der Waals surface area (Å²) in [6, 6.07) is 13.6. The van der Waals surface area contributed by atoms with Gasteiger partial charge in [-0.05, 0) is 24.6 Å². The van der Waals surface area contributed by atoms with Gasteiger partial charge in [-0.15, -0.1) is 0 Å². The SMILES string of the molecule is Cc1ccc(C(CNC(=O)c2cc(-c3ccco3)on2)N2CCOCC2)cc1. The summed E-state index contributed by atoms with van der Waals surface area (Å²) in [6.07, 6.45) is 1.55. The van der Waals surface area contributed by atoms with Crippen LogP contribution < -0.4 is 5.32 Å². The van der Waals surface area contributed by atoms with Crippen molar-refractivity contribution in [3.63, 3.8) is 0 Å². The molecule has 146 valence electrons. The minimum atomic E-state index is -0.271. The van der Waals surface area contributed by atoms with Crippen LogP contribution in [0, 0.1) is 6.92 Å². The number of morpholine rings is 1. The van der Waals surface area contributed by atoms with E-state index in [2.05, 4.69) is 46.6 Å². The number of furan rings is 1. The number of carbonyl (C=O) groups excluding carboxylic acids is 1.